The van der Waals surface area contributed by atoms with Crippen LogP contribution in [0.15, 0.2) is 78.9 Å². The van der Waals surface area contributed by atoms with Crippen molar-refractivity contribution >= 4 is 23.2 Å². The lowest BCUT2D eigenvalue weighted by molar-refractivity contribution is -0.117. The molecule has 4 nitrogen and oxygen atoms in total. The Kier molecular flexibility index (Phi) is 8.68. The van der Waals surface area contributed by atoms with Gasteiger partial charge in [-0.2, -0.15) is 0 Å². The zero-order valence-electron chi connectivity index (χ0n) is 30.5. The molecule has 6 rings (SSSR count). The van der Waals surface area contributed by atoms with Gasteiger partial charge in [-0.25, -0.2) is 0 Å². The van der Waals surface area contributed by atoms with Gasteiger partial charge in [-0.05, 0) is 116 Å². The van der Waals surface area contributed by atoms with Gasteiger partial charge in [0.25, 0.3) is 0 Å². The molecule has 0 atom stereocenters. The molecule has 4 heteroatoms. The molecule has 0 unspecified atom stereocenters. The van der Waals surface area contributed by atoms with Crippen LogP contribution in [0.25, 0.3) is 33.4 Å². The first kappa shape index (κ1) is 33.7. The number of benzene rings is 4. The van der Waals surface area contributed by atoms with Gasteiger partial charge in [0, 0.05) is 37.3 Å². The van der Waals surface area contributed by atoms with E-state index in [4.69, 9.17) is 0 Å². The fourth-order valence-corrected chi connectivity index (χ4v) is 6.96. The summed E-state index contributed by atoms with van der Waals surface area (Å²) in [4.78, 5) is 29.0. The second-order valence-electron chi connectivity index (χ2n) is 16.9. The summed E-state index contributed by atoms with van der Waals surface area (Å²) in [5.74, 6) is 0.404. The molecule has 0 bridgehead atoms. The molecule has 2 amide bonds. The Bertz CT molecular complexity index is 1720. The van der Waals surface area contributed by atoms with Crippen molar-refractivity contribution in [3.8, 4) is 33.4 Å². The molecule has 4 aromatic rings. The first-order chi connectivity index (χ1) is 22.5. The van der Waals surface area contributed by atoms with Gasteiger partial charge in [-0.3, -0.25) is 9.59 Å². The number of carbonyl (C=O) groups excluding carboxylic acids is 2. The maximum Gasteiger partial charge on any atom is 0.227 e. The minimum Gasteiger partial charge on any atom is -0.312 e. The highest BCUT2D eigenvalue weighted by Gasteiger charge is 2.27. The van der Waals surface area contributed by atoms with Crippen LogP contribution in [0.1, 0.15) is 105 Å². The summed E-state index contributed by atoms with van der Waals surface area (Å²) in [6.45, 7) is 22.1. The van der Waals surface area contributed by atoms with Gasteiger partial charge in [0.15, 0.2) is 0 Å². The standard InChI is InChI=1S/C44H52N2O2/c1-42(2,3)32-24-31(25-33(26-32)43(4,5)6)41-37(29-14-18-35(19-15-29)45-22-10-12-39(45)47)27-34(44(7,8)9)28-38(41)30-16-20-36(21-17-30)46-23-11-13-40(46)48/h14-21,24-28H,10-13,22-23H2,1-9H3. The number of nitrogens with zero attached hydrogens (tertiary/aromatic N) is 2. The molecule has 0 N–H and O–H groups in total. The molecule has 2 fully saturated rings. The molecule has 2 saturated heterocycles. The van der Waals surface area contributed by atoms with Crippen molar-refractivity contribution < 1.29 is 9.59 Å². The lowest BCUT2D eigenvalue weighted by Gasteiger charge is -2.29. The molecule has 2 aliphatic rings. The molecule has 250 valence electrons. The van der Waals surface area contributed by atoms with Gasteiger partial charge in [0.1, 0.15) is 0 Å². The maximum absolute atomic E-state index is 12.6. The van der Waals surface area contributed by atoms with Gasteiger partial charge in [-0.15, -0.1) is 0 Å². The molecule has 0 spiro atoms. The Balaban J connectivity index is 1.63. The topological polar surface area (TPSA) is 40.6 Å². The van der Waals surface area contributed by atoms with Crippen LogP contribution in [0.3, 0.4) is 0 Å². The van der Waals surface area contributed by atoms with E-state index in [1.54, 1.807) is 0 Å². The maximum atomic E-state index is 12.6. The number of hydrogen-bond acceptors (Lipinski definition) is 2. The fraction of sp³-hybridized carbons (Fsp3) is 0.409. The Morgan fingerprint density at radius 3 is 1.12 bits per heavy atom. The lowest BCUT2D eigenvalue weighted by Crippen LogP contribution is -2.23. The Labute approximate surface area is 288 Å². The minimum absolute atomic E-state index is 0.0322. The van der Waals surface area contributed by atoms with Crippen molar-refractivity contribution in [1.29, 1.82) is 0 Å². The van der Waals surface area contributed by atoms with Crippen molar-refractivity contribution in [2.75, 3.05) is 22.9 Å². The van der Waals surface area contributed by atoms with E-state index in [1.165, 1.54) is 38.9 Å². The molecule has 0 aromatic heterocycles. The molecule has 48 heavy (non-hydrogen) atoms. The summed E-state index contributed by atoms with van der Waals surface area (Å²) >= 11 is 0. The Morgan fingerprint density at radius 1 is 0.458 bits per heavy atom. The number of anilines is 2. The predicted octanol–water partition coefficient (Wildman–Crippen LogP) is 10.8. The van der Waals surface area contributed by atoms with Crippen LogP contribution in [0.2, 0.25) is 0 Å². The number of amides is 2. The molecule has 0 radical (unpaired) electrons. The van der Waals surface area contributed by atoms with Crippen molar-refractivity contribution in [3.05, 3.63) is 95.6 Å². The molecule has 2 aliphatic heterocycles. The van der Waals surface area contributed by atoms with Crippen molar-refractivity contribution in [1.82, 2.24) is 0 Å². The molecule has 0 saturated carbocycles. The monoisotopic (exact) mass is 640 g/mol. The first-order valence-corrected chi connectivity index (χ1v) is 17.7. The van der Waals surface area contributed by atoms with E-state index < -0.39 is 0 Å². The first-order valence-electron chi connectivity index (χ1n) is 17.7. The van der Waals surface area contributed by atoms with Crippen molar-refractivity contribution in [2.24, 2.45) is 0 Å². The van der Waals surface area contributed by atoms with Crippen molar-refractivity contribution in [2.45, 2.75) is 104 Å². The van der Waals surface area contributed by atoms with E-state index >= 15 is 0 Å². The summed E-state index contributed by atoms with van der Waals surface area (Å²) in [7, 11) is 0. The lowest BCUT2D eigenvalue weighted by atomic mass is 9.76. The van der Waals surface area contributed by atoms with Crippen LogP contribution in [-0.4, -0.2) is 24.9 Å². The van der Waals surface area contributed by atoms with Crippen LogP contribution in [0.4, 0.5) is 11.4 Å². The smallest absolute Gasteiger partial charge is 0.227 e. The summed E-state index contributed by atoms with van der Waals surface area (Å²) in [6, 6.07) is 29.1. The fourth-order valence-electron chi connectivity index (χ4n) is 6.96. The highest BCUT2D eigenvalue weighted by atomic mass is 16.2. The molecule has 2 heterocycles. The quantitative estimate of drug-likeness (QED) is 0.218. The third-order valence-corrected chi connectivity index (χ3v) is 10.1. The normalized spacial score (nSPS) is 15.9. The van der Waals surface area contributed by atoms with Crippen LogP contribution < -0.4 is 9.80 Å². The summed E-state index contributed by atoms with van der Waals surface area (Å²) < 4.78 is 0. The largest absolute Gasteiger partial charge is 0.312 e. The van der Waals surface area contributed by atoms with Crippen LogP contribution in [0, 0.1) is 0 Å². The minimum atomic E-state index is -0.0876. The van der Waals surface area contributed by atoms with Gasteiger partial charge in [0.05, 0.1) is 0 Å². The third kappa shape index (κ3) is 6.72. The van der Waals surface area contributed by atoms with E-state index in [-0.39, 0.29) is 28.1 Å². The molecular weight excluding hydrogens is 588 g/mol. The van der Waals surface area contributed by atoms with Gasteiger partial charge < -0.3 is 9.80 Å². The third-order valence-electron chi connectivity index (χ3n) is 10.1. The Hall–Kier alpha value is -4.18. The highest BCUT2D eigenvalue weighted by Crippen LogP contribution is 2.46. The van der Waals surface area contributed by atoms with E-state index in [9.17, 15) is 9.59 Å². The van der Waals surface area contributed by atoms with Crippen LogP contribution in [0.5, 0.6) is 0 Å². The van der Waals surface area contributed by atoms with Crippen LogP contribution in [-0.2, 0) is 25.8 Å². The van der Waals surface area contributed by atoms with Crippen molar-refractivity contribution in [3.63, 3.8) is 0 Å². The zero-order valence-corrected chi connectivity index (χ0v) is 30.5. The predicted molar refractivity (Wildman–Crippen MR) is 202 cm³/mol. The van der Waals surface area contributed by atoms with Crippen LogP contribution >= 0.6 is 0 Å². The average Bonchev–Trinajstić information content (AvgIpc) is 3.66. The highest BCUT2D eigenvalue weighted by molar-refractivity contribution is 5.99. The SMILES string of the molecule is CC(C)(C)c1cc(-c2c(-c3ccc(N4CCCC4=O)cc3)cc(C(C)(C)C)cc2-c2ccc(N3CCCC3=O)cc2)cc(C(C)(C)C)c1. The van der Waals surface area contributed by atoms with E-state index in [0.29, 0.717) is 12.8 Å². The number of rotatable bonds is 5. The Morgan fingerprint density at radius 2 is 0.812 bits per heavy atom. The molecule has 4 aromatic carbocycles. The van der Waals surface area contributed by atoms with E-state index in [0.717, 1.165) is 48.4 Å². The second-order valence-corrected chi connectivity index (χ2v) is 16.9. The van der Waals surface area contributed by atoms with Gasteiger partial charge in [-0.1, -0.05) is 105 Å². The van der Waals surface area contributed by atoms with Gasteiger partial charge >= 0.3 is 0 Å². The molecular formula is C44H52N2O2. The summed E-state index contributed by atoms with van der Waals surface area (Å²) in [6.07, 6.45) is 3.06. The average molecular weight is 641 g/mol. The zero-order chi connectivity index (χ0) is 34.6. The number of carbonyl (C=O) groups is 2. The van der Waals surface area contributed by atoms with E-state index in [1.807, 2.05) is 9.80 Å². The summed E-state index contributed by atoms with van der Waals surface area (Å²) in [5, 5.41) is 0. The number of hydrogen-bond donors (Lipinski definition) is 0. The van der Waals surface area contributed by atoms with E-state index in [2.05, 4.69) is 141 Å². The van der Waals surface area contributed by atoms with Gasteiger partial charge in [0.2, 0.25) is 11.8 Å². The summed E-state index contributed by atoms with van der Waals surface area (Å²) in [5.41, 5.74) is 12.7. The molecule has 0 aliphatic carbocycles. The second kappa shape index (κ2) is 12.4.